The van der Waals surface area contributed by atoms with Crippen LogP contribution in [0.4, 0.5) is 24.5 Å². The van der Waals surface area contributed by atoms with Gasteiger partial charge in [0.05, 0.1) is 29.8 Å². The molecule has 4 rings (SSSR count). The number of aromatic carboxylic acids is 1. The standard InChI is InChI=1S/C32H28ClF3N2O3/c1-21-6-8-22(9-7-21)18-30(39)37-28-19-24(26-4-2-3-5-27(26)31(40)41)12-15-29(28)38(17-16-32(34,35)36)20-23-10-13-25(33)14-11-23/h2-15,19H,16-18,20H2,1H3,(H,37,39)(H,40,41). The van der Waals surface area contributed by atoms with Crippen LogP contribution in [-0.4, -0.2) is 29.7 Å². The Morgan fingerprint density at radius 2 is 1.56 bits per heavy atom. The maximum absolute atomic E-state index is 13.3. The average Bonchev–Trinajstić information content (AvgIpc) is 2.93. The number of carboxylic acids is 1. The number of anilines is 2. The van der Waals surface area contributed by atoms with Crippen molar-refractivity contribution in [1.82, 2.24) is 0 Å². The smallest absolute Gasteiger partial charge is 0.390 e. The molecular formula is C32H28ClF3N2O3. The molecule has 4 aromatic rings. The predicted octanol–water partition coefficient (Wildman–Crippen LogP) is 8.15. The first-order valence-electron chi connectivity index (χ1n) is 12.9. The van der Waals surface area contributed by atoms with Crippen molar-refractivity contribution in [3.8, 4) is 11.1 Å². The second kappa shape index (κ2) is 12.9. The van der Waals surface area contributed by atoms with E-state index in [9.17, 15) is 27.9 Å². The van der Waals surface area contributed by atoms with Gasteiger partial charge in [-0.05, 0) is 59.5 Å². The molecule has 0 fully saturated rings. The third-order valence-corrected chi connectivity index (χ3v) is 6.77. The number of nitrogens with one attached hydrogen (secondary N) is 1. The Balaban J connectivity index is 1.76. The Labute approximate surface area is 241 Å². The summed E-state index contributed by atoms with van der Waals surface area (Å²) in [6.07, 6.45) is -5.41. The third-order valence-electron chi connectivity index (χ3n) is 6.52. The monoisotopic (exact) mass is 580 g/mol. The summed E-state index contributed by atoms with van der Waals surface area (Å²) in [5, 5.41) is 13.1. The minimum absolute atomic E-state index is 0.0510. The fraction of sp³-hybridized carbons (Fsp3) is 0.188. The highest BCUT2D eigenvalue weighted by Crippen LogP contribution is 2.35. The van der Waals surface area contributed by atoms with Crippen LogP contribution < -0.4 is 10.2 Å². The highest BCUT2D eigenvalue weighted by molar-refractivity contribution is 6.30. The van der Waals surface area contributed by atoms with Crippen LogP contribution in [0.25, 0.3) is 11.1 Å². The molecule has 0 saturated heterocycles. The van der Waals surface area contributed by atoms with Crippen molar-refractivity contribution in [2.24, 2.45) is 0 Å². The highest BCUT2D eigenvalue weighted by atomic mass is 35.5. The van der Waals surface area contributed by atoms with E-state index in [1.807, 2.05) is 31.2 Å². The van der Waals surface area contributed by atoms with E-state index in [4.69, 9.17) is 11.6 Å². The number of benzene rings is 4. The Bertz CT molecular complexity index is 1520. The molecule has 0 bridgehead atoms. The van der Waals surface area contributed by atoms with Gasteiger partial charge in [0.15, 0.2) is 0 Å². The molecule has 0 aliphatic rings. The molecule has 0 atom stereocenters. The van der Waals surface area contributed by atoms with E-state index in [0.29, 0.717) is 21.8 Å². The Kier molecular flexibility index (Phi) is 9.35. The molecule has 0 aromatic heterocycles. The van der Waals surface area contributed by atoms with Gasteiger partial charge in [0.25, 0.3) is 0 Å². The van der Waals surface area contributed by atoms with Gasteiger partial charge in [-0.2, -0.15) is 13.2 Å². The van der Waals surface area contributed by atoms with Crippen LogP contribution in [0.2, 0.25) is 5.02 Å². The largest absolute Gasteiger partial charge is 0.478 e. The van der Waals surface area contributed by atoms with Gasteiger partial charge in [0, 0.05) is 18.1 Å². The van der Waals surface area contributed by atoms with Crippen molar-refractivity contribution < 1.29 is 27.9 Å². The molecule has 0 saturated carbocycles. The van der Waals surface area contributed by atoms with E-state index >= 15 is 0 Å². The van der Waals surface area contributed by atoms with Crippen LogP contribution in [-0.2, 0) is 17.8 Å². The van der Waals surface area contributed by atoms with Crippen LogP contribution in [0.3, 0.4) is 0 Å². The quantitative estimate of drug-likeness (QED) is 0.199. The summed E-state index contributed by atoms with van der Waals surface area (Å²) in [6, 6.07) is 25.5. The van der Waals surface area contributed by atoms with Gasteiger partial charge >= 0.3 is 12.1 Å². The molecule has 0 aliphatic carbocycles. The van der Waals surface area contributed by atoms with E-state index in [1.165, 1.54) is 6.07 Å². The Hall–Kier alpha value is -4.30. The number of halogens is 4. The molecule has 0 heterocycles. The summed E-state index contributed by atoms with van der Waals surface area (Å²) in [4.78, 5) is 26.6. The zero-order valence-corrected chi connectivity index (χ0v) is 23.0. The lowest BCUT2D eigenvalue weighted by Crippen LogP contribution is -2.29. The fourth-order valence-corrected chi connectivity index (χ4v) is 4.57. The summed E-state index contributed by atoms with van der Waals surface area (Å²) >= 11 is 6.00. The number of carboxylic acid groups (broad SMARTS) is 1. The average molecular weight is 581 g/mol. The number of carbonyl (C=O) groups is 2. The minimum Gasteiger partial charge on any atom is -0.478 e. The number of hydrogen-bond donors (Lipinski definition) is 2. The number of aryl methyl sites for hydroxylation is 1. The molecule has 41 heavy (non-hydrogen) atoms. The molecule has 4 aromatic carbocycles. The van der Waals surface area contributed by atoms with Gasteiger partial charge < -0.3 is 15.3 Å². The molecule has 0 radical (unpaired) electrons. The van der Waals surface area contributed by atoms with Crippen molar-refractivity contribution in [3.63, 3.8) is 0 Å². The summed E-state index contributed by atoms with van der Waals surface area (Å²) in [7, 11) is 0. The normalized spacial score (nSPS) is 11.2. The van der Waals surface area contributed by atoms with Gasteiger partial charge in [-0.1, -0.05) is 77.8 Å². The van der Waals surface area contributed by atoms with Crippen LogP contribution in [0.1, 0.15) is 33.5 Å². The number of rotatable bonds is 10. The van der Waals surface area contributed by atoms with Crippen LogP contribution in [0.5, 0.6) is 0 Å². The maximum atomic E-state index is 13.3. The van der Waals surface area contributed by atoms with Gasteiger partial charge in [0.1, 0.15) is 0 Å². The molecule has 1 amide bonds. The molecule has 5 nitrogen and oxygen atoms in total. The molecule has 9 heteroatoms. The lowest BCUT2D eigenvalue weighted by molar-refractivity contribution is -0.132. The predicted molar refractivity (Wildman–Crippen MR) is 156 cm³/mol. The summed E-state index contributed by atoms with van der Waals surface area (Å²) < 4.78 is 40.0. The van der Waals surface area contributed by atoms with Gasteiger partial charge in [0.2, 0.25) is 5.91 Å². The van der Waals surface area contributed by atoms with Crippen molar-refractivity contribution in [2.75, 3.05) is 16.8 Å². The molecule has 0 aliphatic heterocycles. The second-order valence-corrected chi connectivity index (χ2v) is 10.1. The Morgan fingerprint density at radius 1 is 0.902 bits per heavy atom. The topological polar surface area (TPSA) is 69.6 Å². The second-order valence-electron chi connectivity index (χ2n) is 9.71. The number of carbonyl (C=O) groups excluding carboxylic acids is 1. The van der Waals surface area contributed by atoms with Crippen molar-refractivity contribution in [1.29, 1.82) is 0 Å². The number of alkyl halides is 3. The number of hydrogen-bond acceptors (Lipinski definition) is 3. The molecule has 0 spiro atoms. The molecule has 2 N–H and O–H groups in total. The number of amides is 1. The first-order valence-corrected chi connectivity index (χ1v) is 13.2. The number of nitrogens with zero attached hydrogens (tertiary/aromatic N) is 1. The molecular weight excluding hydrogens is 553 g/mol. The van der Waals surface area contributed by atoms with E-state index in [1.54, 1.807) is 65.6 Å². The van der Waals surface area contributed by atoms with Crippen LogP contribution in [0, 0.1) is 6.92 Å². The van der Waals surface area contributed by atoms with Crippen molar-refractivity contribution in [3.05, 3.63) is 118 Å². The van der Waals surface area contributed by atoms with Gasteiger partial charge in [-0.3, -0.25) is 4.79 Å². The molecule has 0 unspecified atom stereocenters. The zero-order chi connectivity index (χ0) is 29.6. The highest BCUT2D eigenvalue weighted by Gasteiger charge is 2.29. The molecule has 212 valence electrons. The third kappa shape index (κ3) is 8.35. The van der Waals surface area contributed by atoms with Crippen LogP contribution in [0.15, 0.2) is 91.0 Å². The first kappa shape index (κ1) is 29.7. The summed E-state index contributed by atoms with van der Waals surface area (Å²) in [5.41, 5.74) is 4.18. The minimum atomic E-state index is -4.40. The SMILES string of the molecule is Cc1ccc(CC(=O)Nc2cc(-c3ccccc3C(=O)O)ccc2N(CCC(F)(F)F)Cc2ccc(Cl)cc2)cc1. The van der Waals surface area contributed by atoms with E-state index in [2.05, 4.69) is 5.32 Å². The maximum Gasteiger partial charge on any atom is 0.390 e. The van der Waals surface area contributed by atoms with Crippen molar-refractivity contribution >= 4 is 34.9 Å². The van der Waals surface area contributed by atoms with Gasteiger partial charge in [-0.15, -0.1) is 0 Å². The lowest BCUT2D eigenvalue weighted by Gasteiger charge is -2.28. The van der Waals surface area contributed by atoms with E-state index < -0.39 is 18.6 Å². The Morgan fingerprint density at radius 3 is 2.22 bits per heavy atom. The zero-order valence-electron chi connectivity index (χ0n) is 22.2. The van der Waals surface area contributed by atoms with Crippen molar-refractivity contribution in [2.45, 2.75) is 32.5 Å². The summed E-state index contributed by atoms with van der Waals surface area (Å²) in [6.45, 7) is 1.70. The first-order chi connectivity index (χ1) is 19.5. The summed E-state index contributed by atoms with van der Waals surface area (Å²) in [5.74, 6) is -1.48. The van der Waals surface area contributed by atoms with E-state index in [-0.39, 0.29) is 36.7 Å². The van der Waals surface area contributed by atoms with Gasteiger partial charge in [-0.25, -0.2) is 4.79 Å². The fourth-order valence-electron chi connectivity index (χ4n) is 4.44. The van der Waals surface area contributed by atoms with Crippen LogP contribution >= 0.6 is 11.6 Å². The van der Waals surface area contributed by atoms with E-state index in [0.717, 1.165) is 16.7 Å². The lowest BCUT2D eigenvalue weighted by atomic mass is 9.98.